The zero-order chi connectivity index (χ0) is 14.8. The van der Waals surface area contributed by atoms with Gasteiger partial charge in [-0.1, -0.05) is 18.6 Å². The second-order valence-corrected chi connectivity index (χ2v) is 6.47. The molecule has 3 heteroatoms. The Morgan fingerprint density at radius 2 is 1.81 bits per heavy atom. The van der Waals surface area contributed by atoms with E-state index >= 15 is 0 Å². The lowest BCUT2D eigenvalue weighted by Gasteiger charge is -2.41. The second-order valence-electron chi connectivity index (χ2n) is 6.47. The number of hydrogen-bond donors (Lipinski definition) is 0. The van der Waals surface area contributed by atoms with E-state index < -0.39 is 0 Å². The molecule has 3 nitrogen and oxygen atoms in total. The summed E-state index contributed by atoms with van der Waals surface area (Å²) in [5, 5.41) is 0. The highest BCUT2D eigenvalue weighted by atomic mass is 16.1. The van der Waals surface area contributed by atoms with E-state index in [1.54, 1.807) is 0 Å². The molecule has 2 aliphatic rings. The molecule has 0 bridgehead atoms. The fraction of sp³-hybridized carbons (Fsp3) is 0.611. The number of ketones is 1. The molecule has 0 amide bonds. The molecule has 0 N–H and O–H groups in total. The van der Waals surface area contributed by atoms with Gasteiger partial charge in [0, 0.05) is 38.3 Å². The summed E-state index contributed by atoms with van der Waals surface area (Å²) < 4.78 is 0. The van der Waals surface area contributed by atoms with Crippen molar-refractivity contribution >= 4 is 11.5 Å². The molecular weight excluding hydrogens is 260 g/mol. The number of Topliss-reactive ketones (excluding diaryl/α,β-unsaturated/α-hetero) is 1. The molecule has 1 unspecified atom stereocenters. The molecule has 1 heterocycles. The molecular formula is C18H26N2O. The first-order valence-corrected chi connectivity index (χ1v) is 8.25. The van der Waals surface area contributed by atoms with Crippen LogP contribution in [0, 0.1) is 13.8 Å². The molecule has 1 aliphatic carbocycles. The van der Waals surface area contributed by atoms with Gasteiger partial charge in [-0.15, -0.1) is 0 Å². The topological polar surface area (TPSA) is 23.6 Å². The molecule has 0 spiro atoms. The van der Waals surface area contributed by atoms with Gasteiger partial charge in [0.1, 0.15) is 5.78 Å². The summed E-state index contributed by atoms with van der Waals surface area (Å²) in [6.07, 6.45) is 4.18. The fourth-order valence-corrected chi connectivity index (χ4v) is 3.70. The van der Waals surface area contributed by atoms with Crippen molar-refractivity contribution in [2.24, 2.45) is 0 Å². The number of nitrogens with zero attached hydrogens (tertiary/aromatic N) is 2. The first kappa shape index (κ1) is 14.6. The van der Waals surface area contributed by atoms with Crippen LogP contribution in [0.5, 0.6) is 0 Å². The van der Waals surface area contributed by atoms with E-state index in [9.17, 15) is 4.79 Å². The zero-order valence-electron chi connectivity index (χ0n) is 13.3. The lowest BCUT2D eigenvalue weighted by Crippen LogP contribution is -2.53. The Balaban J connectivity index is 1.65. The summed E-state index contributed by atoms with van der Waals surface area (Å²) >= 11 is 0. The standard InChI is InChI=1S/C18H26N2O/c1-14-6-5-8-16(15(14)2)19-10-12-20(13-11-19)17-7-3-4-9-18(17)21/h5-6,8,17H,3-4,7,9-13H2,1-2H3. The molecule has 1 saturated heterocycles. The Hall–Kier alpha value is -1.35. The molecule has 0 aromatic heterocycles. The number of carbonyl (C=O) groups is 1. The van der Waals surface area contributed by atoms with Crippen molar-refractivity contribution in [2.45, 2.75) is 45.6 Å². The van der Waals surface area contributed by atoms with Crippen LogP contribution in [-0.2, 0) is 4.79 Å². The van der Waals surface area contributed by atoms with Crippen LogP contribution in [0.1, 0.15) is 36.8 Å². The quantitative estimate of drug-likeness (QED) is 0.835. The van der Waals surface area contributed by atoms with Gasteiger partial charge in [0.05, 0.1) is 6.04 Å². The van der Waals surface area contributed by atoms with Gasteiger partial charge in [0.2, 0.25) is 0 Å². The maximum Gasteiger partial charge on any atom is 0.149 e. The van der Waals surface area contributed by atoms with E-state index in [-0.39, 0.29) is 6.04 Å². The first-order chi connectivity index (χ1) is 10.2. The highest BCUT2D eigenvalue weighted by Gasteiger charge is 2.30. The molecule has 1 saturated carbocycles. The summed E-state index contributed by atoms with van der Waals surface area (Å²) in [5.74, 6) is 0.474. The van der Waals surface area contributed by atoms with Gasteiger partial charge in [0.25, 0.3) is 0 Å². The summed E-state index contributed by atoms with van der Waals surface area (Å²) in [6, 6.07) is 6.76. The van der Waals surface area contributed by atoms with Gasteiger partial charge >= 0.3 is 0 Å². The van der Waals surface area contributed by atoms with Gasteiger partial charge in [0.15, 0.2) is 0 Å². The van der Waals surface area contributed by atoms with Gasteiger partial charge in [-0.05, 0) is 43.9 Å². The van der Waals surface area contributed by atoms with E-state index in [4.69, 9.17) is 0 Å². The van der Waals surface area contributed by atoms with Gasteiger partial charge in [-0.2, -0.15) is 0 Å². The number of anilines is 1. The van der Waals surface area contributed by atoms with Crippen LogP contribution in [0.4, 0.5) is 5.69 Å². The maximum absolute atomic E-state index is 12.1. The number of aryl methyl sites for hydroxylation is 1. The predicted molar refractivity (Wildman–Crippen MR) is 87.0 cm³/mol. The number of hydrogen-bond acceptors (Lipinski definition) is 3. The molecule has 1 atom stereocenters. The third-order valence-corrected chi connectivity index (χ3v) is 5.19. The van der Waals surface area contributed by atoms with Crippen molar-refractivity contribution in [3.63, 3.8) is 0 Å². The Morgan fingerprint density at radius 1 is 1.05 bits per heavy atom. The van der Waals surface area contributed by atoms with Crippen LogP contribution in [0.3, 0.4) is 0 Å². The Labute approximate surface area is 127 Å². The lowest BCUT2D eigenvalue weighted by molar-refractivity contribution is -0.126. The predicted octanol–water partition coefficient (Wildman–Crippen LogP) is 2.94. The van der Waals surface area contributed by atoms with E-state index in [0.717, 1.165) is 45.4 Å². The highest BCUT2D eigenvalue weighted by molar-refractivity contribution is 5.84. The van der Waals surface area contributed by atoms with Crippen molar-refractivity contribution in [3.8, 4) is 0 Å². The smallest absolute Gasteiger partial charge is 0.149 e. The van der Waals surface area contributed by atoms with Crippen molar-refractivity contribution in [1.29, 1.82) is 0 Å². The van der Waals surface area contributed by atoms with Crippen LogP contribution < -0.4 is 4.90 Å². The molecule has 1 aromatic carbocycles. The number of piperazine rings is 1. The minimum atomic E-state index is 0.208. The molecule has 0 radical (unpaired) electrons. The molecule has 1 aliphatic heterocycles. The Kier molecular flexibility index (Phi) is 4.29. The Morgan fingerprint density at radius 3 is 2.52 bits per heavy atom. The van der Waals surface area contributed by atoms with E-state index in [1.807, 2.05) is 0 Å². The molecule has 3 rings (SSSR count). The van der Waals surface area contributed by atoms with Crippen LogP contribution in [0.2, 0.25) is 0 Å². The minimum absolute atomic E-state index is 0.208. The van der Waals surface area contributed by atoms with Crippen LogP contribution in [0.15, 0.2) is 18.2 Å². The SMILES string of the molecule is Cc1cccc(N2CCN(C3CCCCC3=O)CC2)c1C. The molecule has 2 fully saturated rings. The molecule has 114 valence electrons. The van der Waals surface area contributed by atoms with Crippen LogP contribution in [-0.4, -0.2) is 42.9 Å². The molecule has 1 aromatic rings. The average molecular weight is 286 g/mol. The van der Waals surface area contributed by atoms with Crippen molar-refractivity contribution in [1.82, 2.24) is 4.90 Å². The Bertz CT molecular complexity index is 518. The number of carbonyl (C=O) groups excluding carboxylic acids is 1. The summed E-state index contributed by atoms with van der Waals surface area (Å²) in [6.45, 7) is 8.49. The fourth-order valence-electron chi connectivity index (χ4n) is 3.70. The number of rotatable bonds is 2. The third-order valence-electron chi connectivity index (χ3n) is 5.19. The van der Waals surface area contributed by atoms with E-state index in [0.29, 0.717) is 5.78 Å². The third kappa shape index (κ3) is 2.98. The van der Waals surface area contributed by atoms with Gasteiger partial charge in [-0.3, -0.25) is 9.69 Å². The molecule has 21 heavy (non-hydrogen) atoms. The normalized spacial score (nSPS) is 24.4. The summed E-state index contributed by atoms with van der Waals surface area (Å²) in [7, 11) is 0. The van der Waals surface area contributed by atoms with E-state index in [1.165, 1.54) is 23.2 Å². The number of benzene rings is 1. The monoisotopic (exact) mass is 286 g/mol. The second kappa shape index (κ2) is 6.18. The lowest BCUT2D eigenvalue weighted by atomic mass is 9.92. The maximum atomic E-state index is 12.1. The van der Waals surface area contributed by atoms with Gasteiger partial charge in [-0.25, -0.2) is 0 Å². The average Bonchev–Trinajstić information content (AvgIpc) is 2.51. The summed E-state index contributed by atoms with van der Waals surface area (Å²) in [5.41, 5.74) is 4.11. The van der Waals surface area contributed by atoms with Crippen LogP contribution >= 0.6 is 0 Å². The van der Waals surface area contributed by atoms with Crippen molar-refractivity contribution in [3.05, 3.63) is 29.3 Å². The first-order valence-electron chi connectivity index (χ1n) is 8.25. The largest absolute Gasteiger partial charge is 0.369 e. The van der Waals surface area contributed by atoms with Gasteiger partial charge < -0.3 is 4.90 Å². The zero-order valence-corrected chi connectivity index (χ0v) is 13.3. The van der Waals surface area contributed by atoms with E-state index in [2.05, 4.69) is 41.8 Å². The van der Waals surface area contributed by atoms with Crippen LogP contribution in [0.25, 0.3) is 0 Å². The van der Waals surface area contributed by atoms with Crippen molar-refractivity contribution in [2.75, 3.05) is 31.1 Å². The highest BCUT2D eigenvalue weighted by Crippen LogP contribution is 2.26. The summed E-state index contributed by atoms with van der Waals surface area (Å²) in [4.78, 5) is 17.0. The van der Waals surface area contributed by atoms with Crippen molar-refractivity contribution < 1.29 is 4.79 Å². The minimum Gasteiger partial charge on any atom is -0.369 e.